The number of ether oxygens (including phenoxy) is 2. The van der Waals surface area contributed by atoms with E-state index >= 15 is 0 Å². The Bertz CT molecular complexity index is 1490. The number of hydrogen-bond acceptors (Lipinski definition) is 6. The molecule has 190 valence electrons. The summed E-state index contributed by atoms with van der Waals surface area (Å²) in [6.45, 7) is 0.295. The van der Waals surface area contributed by atoms with Crippen LogP contribution in [0.2, 0.25) is 0 Å². The van der Waals surface area contributed by atoms with Crippen LogP contribution in [-0.4, -0.2) is 18.2 Å². The van der Waals surface area contributed by atoms with E-state index < -0.39 is 22.4 Å². The van der Waals surface area contributed by atoms with Gasteiger partial charge in [-0.3, -0.25) is 15.5 Å². The van der Waals surface area contributed by atoms with Gasteiger partial charge in [0.15, 0.2) is 11.5 Å². The van der Waals surface area contributed by atoms with Crippen molar-refractivity contribution >= 4 is 44.3 Å². The van der Waals surface area contributed by atoms with Crippen LogP contribution in [0.25, 0.3) is 10.8 Å². The smallest absolute Gasteiger partial charge is 0.416 e. The fourth-order valence-electron chi connectivity index (χ4n) is 3.65. The molecule has 0 atom stereocenters. The predicted octanol–water partition coefficient (Wildman–Crippen LogP) is 7.56. The van der Waals surface area contributed by atoms with E-state index in [1.165, 1.54) is 13.3 Å². The summed E-state index contributed by atoms with van der Waals surface area (Å²) < 4.78 is 50.8. The first-order valence-corrected chi connectivity index (χ1v) is 11.6. The molecule has 4 aromatic rings. The SMILES string of the molecule is COc1cc(/C=N/Nc2ccc(C(F)(F)F)cc2[N+](=O)[O-])cc(Br)c1OCc1cccc2ccccc12. The van der Waals surface area contributed by atoms with Crippen molar-refractivity contribution in [2.24, 2.45) is 5.10 Å². The molecule has 0 heterocycles. The Morgan fingerprint density at radius 2 is 1.84 bits per heavy atom. The third-order valence-electron chi connectivity index (χ3n) is 5.42. The summed E-state index contributed by atoms with van der Waals surface area (Å²) in [7, 11) is 1.48. The molecule has 7 nitrogen and oxygen atoms in total. The second kappa shape index (κ2) is 10.9. The first-order chi connectivity index (χ1) is 17.7. The maximum absolute atomic E-state index is 12.9. The molecule has 4 aromatic carbocycles. The summed E-state index contributed by atoms with van der Waals surface area (Å²) in [4.78, 5) is 10.3. The number of benzene rings is 4. The number of nitrogens with one attached hydrogen (secondary N) is 1. The second-order valence-electron chi connectivity index (χ2n) is 7.82. The van der Waals surface area contributed by atoms with E-state index in [1.54, 1.807) is 12.1 Å². The highest BCUT2D eigenvalue weighted by Crippen LogP contribution is 2.38. The number of nitrogens with zero attached hydrogens (tertiary/aromatic N) is 2. The summed E-state index contributed by atoms with van der Waals surface area (Å²) in [6.07, 6.45) is -3.35. The number of methoxy groups -OCH3 is 1. The second-order valence-corrected chi connectivity index (χ2v) is 8.67. The minimum atomic E-state index is -4.70. The molecule has 0 aliphatic rings. The third kappa shape index (κ3) is 6.00. The molecule has 0 aliphatic heterocycles. The molecule has 0 amide bonds. The molecule has 4 rings (SSSR count). The Morgan fingerprint density at radius 3 is 2.57 bits per heavy atom. The van der Waals surface area contributed by atoms with Crippen molar-refractivity contribution in [2.75, 3.05) is 12.5 Å². The molecule has 0 fully saturated rings. The monoisotopic (exact) mass is 573 g/mol. The van der Waals surface area contributed by atoms with Crippen molar-refractivity contribution in [3.05, 3.63) is 104 Å². The average molecular weight is 574 g/mol. The first-order valence-electron chi connectivity index (χ1n) is 10.8. The van der Waals surface area contributed by atoms with Crippen molar-refractivity contribution in [2.45, 2.75) is 12.8 Å². The molecule has 0 saturated heterocycles. The van der Waals surface area contributed by atoms with Gasteiger partial charge in [-0.2, -0.15) is 18.3 Å². The largest absolute Gasteiger partial charge is 0.493 e. The van der Waals surface area contributed by atoms with Gasteiger partial charge in [-0.1, -0.05) is 42.5 Å². The Balaban J connectivity index is 1.52. The molecule has 0 spiro atoms. The van der Waals surface area contributed by atoms with Gasteiger partial charge in [0, 0.05) is 6.07 Å². The topological polar surface area (TPSA) is 86.0 Å². The summed E-state index contributed by atoms with van der Waals surface area (Å²) in [6, 6.07) is 19.5. The van der Waals surface area contributed by atoms with Gasteiger partial charge >= 0.3 is 6.18 Å². The lowest BCUT2D eigenvalue weighted by Crippen LogP contribution is -2.06. The van der Waals surface area contributed by atoms with Gasteiger partial charge in [-0.25, -0.2) is 0 Å². The molecule has 0 aromatic heterocycles. The number of rotatable bonds is 8. The lowest BCUT2D eigenvalue weighted by Gasteiger charge is -2.14. The first kappa shape index (κ1) is 26.0. The van der Waals surface area contributed by atoms with Gasteiger partial charge in [0.2, 0.25) is 0 Å². The lowest BCUT2D eigenvalue weighted by molar-refractivity contribution is -0.384. The van der Waals surface area contributed by atoms with Crippen LogP contribution in [0.3, 0.4) is 0 Å². The number of fused-ring (bicyclic) bond motifs is 1. The summed E-state index contributed by atoms with van der Waals surface area (Å²) in [5.74, 6) is 0.885. The van der Waals surface area contributed by atoms with E-state index in [4.69, 9.17) is 9.47 Å². The predicted molar refractivity (Wildman–Crippen MR) is 138 cm³/mol. The molecule has 37 heavy (non-hydrogen) atoms. The van der Waals surface area contributed by atoms with Gasteiger partial charge < -0.3 is 9.47 Å². The normalized spacial score (nSPS) is 11.6. The zero-order valence-corrected chi connectivity index (χ0v) is 20.8. The maximum atomic E-state index is 12.9. The molecule has 0 bridgehead atoms. The van der Waals surface area contributed by atoms with Crippen molar-refractivity contribution in [1.29, 1.82) is 0 Å². The van der Waals surface area contributed by atoms with Crippen LogP contribution in [0.5, 0.6) is 11.5 Å². The summed E-state index contributed by atoms with van der Waals surface area (Å²) in [5, 5.41) is 17.4. The quantitative estimate of drug-likeness (QED) is 0.133. The highest BCUT2D eigenvalue weighted by molar-refractivity contribution is 9.10. The van der Waals surface area contributed by atoms with Gasteiger partial charge in [0.05, 0.1) is 28.3 Å². The molecule has 0 aliphatic carbocycles. The molecule has 0 saturated carbocycles. The van der Waals surface area contributed by atoms with Crippen molar-refractivity contribution in [3.8, 4) is 11.5 Å². The molecular weight excluding hydrogens is 555 g/mol. The lowest BCUT2D eigenvalue weighted by atomic mass is 10.1. The van der Waals surface area contributed by atoms with E-state index in [1.807, 2.05) is 42.5 Å². The third-order valence-corrected chi connectivity index (χ3v) is 6.01. The minimum absolute atomic E-state index is 0.185. The van der Waals surface area contributed by atoms with Crippen LogP contribution in [0.4, 0.5) is 24.5 Å². The van der Waals surface area contributed by atoms with Crippen molar-refractivity contribution < 1.29 is 27.6 Å². The highest BCUT2D eigenvalue weighted by Gasteiger charge is 2.33. The zero-order valence-electron chi connectivity index (χ0n) is 19.3. The molecule has 1 N–H and O–H groups in total. The van der Waals surface area contributed by atoms with Crippen LogP contribution in [0.15, 0.2) is 82.4 Å². The number of alkyl halides is 3. The number of anilines is 1. The molecular formula is C26H19BrF3N3O4. The Kier molecular flexibility index (Phi) is 7.63. The maximum Gasteiger partial charge on any atom is 0.416 e. The fourth-order valence-corrected chi connectivity index (χ4v) is 4.23. The standard InChI is InChI=1S/C26H19BrF3N3O4/c1-36-24-12-16(14-31-32-22-10-9-19(26(28,29)30)13-23(22)33(34)35)11-21(27)25(24)37-15-18-7-4-6-17-5-2-3-8-20(17)18/h2-14,32H,15H2,1H3/b31-14+. The number of halogens is 4. The number of hydrogen-bond donors (Lipinski definition) is 1. The Hall–Kier alpha value is -4.12. The van der Waals surface area contributed by atoms with E-state index in [0.29, 0.717) is 34.2 Å². The van der Waals surface area contributed by atoms with Crippen LogP contribution in [0.1, 0.15) is 16.7 Å². The number of nitro groups is 1. The van der Waals surface area contributed by atoms with E-state index in [9.17, 15) is 23.3 Å². The summed E-state index contributed by atoms with van der Waals surface area (Å²) >= 11 is 3.47. The van der Waals surface area contributed by atoms with Crippen LogP contribution < -0.4 is 14.9 Å². The molecule has 0 radical (unpaired) electrons. The number of hydrazone groups is 1. The van der Waals surface area contributed by atoms with Gasteiger partial charge in [-0.15, -0.1) is 0 Å². The summed E-state index contributed by atoms with van der Waals surface area (Å²) in [5.41, 5.74) is 1.92. The fraction of sp³-hybridized carbons (Fsp3) is 0.115. The van der Waals surface area contributed by atoms with Gasteiger partial charge in [0.1, 0.15) is 12.3 Å². The molecule has 0 unspecified atom stereocenters. The van der Waals surface area contributed by atoms with Crippen molar-refractivity contribution in [1.82, 2.24) is 0 Å². The van der Waals surface area contributed by atoms with Crippen LogP contribution in [0, 0.1) is 10.1 Å². The van der Waals surface area contributed by atoms with E-state index in [-0.39, 0.29) is 5.69 Å². The highest BCUT2D eigenvalue weighted by atomic mass is 79.9. The van der Waals surface area contributed by atoms with Gasteiger partial charge in [-0.05, 0) is 62.1 Å². The van der Waals surface area contributed by atoms with Gasteiger partial charge in [0.25, 0.3) is 5.69 Å². The average Bonchev–Trinajstić information content (AvgIpc) is 2.87. The number of nitro benzene ring substituents is 1. The van der Waals surface area contributed by atoms with Crippen molar-refractivity contribution in [3.63, 3.8) is 0 Å². The minimum Gasteiger partial charge on any atom is -0.493 e. The molecule has 11 heteroatoms. The van der Waals surface area contributed by atoms with Crippen LogP contribution >= 0.6 is 15.9 Å². The van der Waals surface area contributed by atoms with E-state index in [2.05, 4.69) is 26.5 Å². The Labute approximate surface area is 217 Å². The van der Waals surface area contributed by atoms with E-state index in [0.717, 1.165) is 28.5 Å². The van der Waals surface area contributed by atoms with Crippen LogP contribution in [-0.2, 0) is 12.8 Å². The Morgan fingerprint density at radius 1 is 1.08 bits per heavy atom. The zero-order chi connectivity index (χ0) is 26.6.